The molecule has 0 aliphatic rings. The Morgan fingerprint density at radius 3 is 2.11 bits per heavy atom. The molecule has 3 rings (SSSR count). The zero-order valence-electron chi connectivity index (χ0n) is 16.0. The number of ketones is 1. The van der Waals surface area contributed by atoms with E-state index in [1.165, 1.54) is 11.8 Å². The Hall–Kier alpha value is -2.80. The van der Waals surface area contributed by atoms with Crippen LogP contribution in [0, 0.1) is 0 Å². The molecule has 2 aromatic carbocycles. The highest BCUT2D eigenvalue weighted by Crippen LogP contribution is 2.29. The second kappa shape index (κ2) is 9.41. The van der Waals surface area contributed by atoms with Crippen LogP contribution in [-0.2, 0) is 0 Å². The van der Waals surface area contributed by atoms with Crippen molar-refractivity contribution < 1.29 is 18.7 Å². The Kier molecular flexibility index (Phi) is 6.71. The highest BCUT2D eigenvalue weighted by atomic mass is 32.2. The van der Waals surface area contributed by atoms with Gasteiger partial charge in [0, 0.05) is 11.1 Å². The Morgan fingerprint density at radius 2 is 1.54 bits per heavy atom. The average Bonchev–Trinajstić information content (AvgIpc) is 3.17. The maximum absolute atomic E-state index is 12.6. The molecule has 1 atom stereocenters. The van der Waals surface area contributed by atoms with Gasteiger partial charge in [-0.05, 0) is 69.3 Å². The summed E-state index contributed by atoms with van der Waals surface area (Å²) in [4.78, 5) is 12.6. The molecule has 0 aliphatic carbocycles. The number of nitrogens with zero attached hydrogens (tertiary/aromatic N) is 2. The third-order valence-corrected chi connectivity index (χ3v) is 4.85. The summed E-state index contributed by atoms with van der Waals surface area (Å²) in [6.45, 7) is 6.88. The van der Waals surface area contributed by atoms with E-state index < -0.39 is 0 Å². The van der Waals surface area contributed by atoms with E-state index in [4.69, 9.17) is 13.9 Å². The first-order valence-electron chi connectivity index (χ1n) is 9.11. The lowest BCUT2D eigenvalue weighted by atomic mass is 10.1. The lowest BCUT2D eigenvalue weighted by molar-refractivity contribution is 0.0993. The van der Waals surface area contributed by atoms with E-state index >= 15 is 0 Å². The van der Waals surface area contributed by atoms with Gasteiger partial charge in [-0.1, -0.05) is 11.8 Å². The molecule has 1 heterocycles. The first-order chi connectivity index (χ1) is 13.6. The summed E-state index contributed by atoms with van der Waals surface area (Å²) in [5.74, 6) is 1.94. The molecule has 3 aromatic rings. The number of hydrogen-bond acceptors (Lipinski definition) is 7. The molecule has 0 aliphatic heterocycles. The fourth-order valence-corrected chi connectivity index (χ4v) is 3.32. The van der Waals surface area contributed by atoms with E-state index in [2.05, 4.69) is 10.2 Å². The van der Waals surface area contributed by atoms with E-state index in [1.54, 1.807) is 24.3 Å². The van der Waals surface area contributed by atoms with Crippen LogP contribution in [-0.4, -0.2) is 34.4 Å². The normalized spacial score (nSPS) is 11.8. The third-order valence-electron chi connectivity index (χ3n) is 3.92. The standard InChI is InChI=1S/C21H22N2O4S/c1-4-25-17-10-6-15(7-11-17)19(24)14(3)28-21-23-22-20(27-21)16-8-12-18(13-9-16)26-5-2/h6-14H,4-5H2,1-3H3/t14-/m0/s1. The Balaban J connectivity index is 1.64. The van der Waals surface area contributed by atoms with Crippen molar-refractivity contribution in [3.63, 3.8) is 0 Å². The van der Waals surface area contributed by atoms with Gasteiger partial charge in [-0.2, -0.15) is 0 Å². The predicted octanol–water partition coefficient (Wildman–Crippen LogP) is 4.90. The number of thioether (sulfide) groups is 1. The van der Waals surface area contributed by atoms with Crippen molar-refractivity contribution in [1.82, 2.24) is 10.2 Å². The van der Waals surface area contributed by atoms with Gasteiger partial charge in [0.15, 0.2) is 5.78 Å². The molecule has 0 fully saturated rings. The van der Waals surface area contributed by atoms with Crippen molar-refractivity contribution in [2.24, 2.45) is 0 Å². The van der Waals surface area contributed by atoms with Crippen molar-refractivity contribution in [3.05, 3.63) is 54.1 Å². The molecule has 0 amide bonds. The summed E-state index contributed by atoms with van der Waals surface area (Å²) in [5.41, 5.74) is 1.42. The molecule has 0 unspecified atom stereocenters. The summed E-state index contributed by atoms with van der Waals surface area (Å²) in [6, 6.07) is 14.6. The monoisotopic (exact) mass is 398 g/mol. The lowest BCUT2D eigenvalue weighted by Crippen LogP contribution is -2.13. The minimum Gasteiger partial charge on any atom is -0.494 e. The van der Waals surface area contributed by atoms with Gasteiger partial charge in [0.2, 0.25) is 5.89 Å². The van der Waals surface area contributed by atoms with E-state index in [0.29, 0.717) is 29.9 Å². The van der Waals surface area contributed by atoms with Crippen molar-refractivity contribution in [2.75, 3.05) is 13.2 Å². The highest BCUT2D eigenvalue weighted by molar-refractivity contribution is 8.00. The molecular formula is C21H22N2O4S. The van der Waals surface area contributed by atoms with Crippen LogP contribution in [0.3, 0.4) is 0 Å². The smallest absolute Gasteiger partial charge is 0.277 e. The average molecular weight is 398 g/mol. The van der Waals surface area contributed by atoms with Crippen molar-refractivity contribution in [1.29, 1.82) is 0 Å². The molecule has 0 radical (unpaired) electrons. The van der Waals surface area contributed by atoms with E-state index in [0.717, 1.165) is 17.1 Å². The molecule has 0 saturated carbocycles. The second-order valence-corrected chi connectivity index (χ2v) is 7.20. The van der Waals surface area contributed by atoms with Crippen LogP contribution in [0.2, 0.25) is 0 Å². The minimum absolute atomic E-state index is 0.00568. The van der Waals surface area contributed by atoms with Gasteiger partial charge >= 0.3 is 0 Å². The van der Waals surface area contributed by atoms with Crippen molar-refractivity contribution in [3.8, 4) is 23.0 Å². The van der Waals surface area contributed by atoms with Gasteiger partial charge in [-0.25, -0.2) is 0 Å². The van der Waals surface area contributed by atoms with Crippen LogP contribution in [0.25, 0.3) is 11.5 Å². The number of benzene rings is 2. The molecule has 0 N–H and O–H groups in total. The largest absolute Gasteiger partial charge is 0.494 e. The van der Waals surface area contributed by atoms with E-state index in [1.807, 2.05) is 45.0 Å². The van der Waals surface area contributed by atoms with Crippen molar-refractivity contribution in [2.45, 2.75) is 31.2 Å². The number of ether oxygens (including phenoxy) is 2. The first kappa shape index (κ1) is 19.9. The number of hydrogen-bond donors (Lipinski definition) is 0. The molecule has 28 heavy (non-hydrogen) atoms. The second-order valence-electron chi connectivity index (χ2n) is 5.91. The molecule has 6 nitrogen and oxygen atoms in total. The first-order valence-corrected chi connectivity index (χ1v) is 9.99. The van der Waals surface area contributed by atoms with Gasteiger partial charge in [-0.15, -0.1) is 10.2 Å². The quantitative estimate of drug-likeness (QED) is 0.375. The Morgan fingerprint density at radius 1 is 0.964 bits per heavy atom. The zero-order valence-corrected chi connectivity index (χ0v) is 16.9. The summed E-state index contributed by atoms with van der Waals surface area (Å²) in [7, 11) is 0. The summed E-state index contributed by atoms with van der Waals surface area (Å²) < 4.78 is 16.5. The van der Waals surface area contributed by atoms with Gasteiger partial charge < -0.3 is 13.9 Å². The lowest BCUT2D eigenvalue weighted by Gasteiger charge is -2.08. The highest BCUT2D eigenvalue weighted by Gasteiger charge is 2.20. The van der Waals surface area contributed by atoms with Gasteiger partial charge in [0.05, 0.1) is 18.5 Å². The van der Waals surface area contributed by atoms with Crippen molar-refractivity contribution >= 4 is 17.5 Å². The maximum atomic E-state index is 12.6. The summed E-state index contributed by atoms with van der Waals surface area (Å²) in [5, 5.41) is 8.12. The molecule has 0 spiro atoms. The Bertz CT molecular complexity index is 907. The van der Waals surface area contributed by atoms with Crippen LogP contribution in [0.4, 0.5) is 0 Å². The zero-order chi connectivity index (χ0) is 19.9. The molecule has 7 heteroatoms. The minimum atomic E-state index is -0.355. The van der Waals surface area contributed by atoms with Crippen LogP contribution in [0.15, 0.2) is 58.2 Å². The number of carbonyl (C=O) groups excluding carboxylic acids is 1. The van der Waals surface area contributed by atoms with Gasteiger partial charge in [-0.3, -0.25) is 4.79 Å². The van der Waals surface area contributed by atoms with Crippen LogP contribution < -0.4 is 9.47 Å². The summed E-state index contributed by atoms with van der Waals surface area (Å²) in [6.07, 6.45) is 0. The maximum Gasteiger partial charge on any atom is 0.277 e. The fourth-order valence-electron chi connectivity index (χ4n) is 2.56. The summed E-state index contributed by atoms with van der Waals surface area (Å²) >= 11 is 1.24. The van der Waals surface area contributed by atoms with Gasteiger partial charge in [0.25, 0.3) is 5.22 Å². The molecule has 1 aromatic heterocycles. The number of rotatable bonds is 9. The molecule has 0 bridgehead atoms. The third kappa shape index (κ3) is 4.92. The number of aromatic nitrogens is 2. The fraction of sp³-hybridized carbons (Fsp3) is 0.286. The molecule has 0 saturated heterocycles. The van der Waals surface area contributed by atoms with Crippen LogP contribution in [0.5, 0.6) is 11.5 Å². The number of carbonyl (C=O) groups is 1. The topological polar surface area (TPSA) is 74.5 Å². The number of Topliss-reactive ketones (excluding diaryl/α,β-unsaturated/α-hetero) is 1. The SMILES string of the molecule is CCOc1ccc(C(=O)[C@H](C)Sc2nnc(-c3ccc(OCC)cc3)o2)cc1. The Labute approximate surface area is 168 Å². The molecule has 146 valence electrons. The predicted molar refractivity (Wildman–Crippen MR) is 108 cm³/mol. The van der Waals surface area contributed by atoms with E-state index in [-0.39, 0.29) is 11.0 Å². The molecular weight excluding hydrogens is 376 g/mol. The van der Waals surface area contributed by atoms with Gasteiger partial charge in [0.1, 0.15) is 11.5 Å². The van der Waals surface area contributed by atoms with Crippen LogP contribution >= 0.6 is 11.8 Å². The van der Waals surface area contributed by atoms with E-state index in [9.17, 15) is 4.79 Å². The van der Waals surface area contributed by atoms with Crippen LogP contribution in [0.1, 0.15) is 31.1 Å².